The quantitative estimate of drug-likeness (QED) is 0.128. The number of fused-ring (bicyclic) bond motifs is 8. The Labute approximate surface area is 391 Å². The topological polar surface area (TPSA) is 14.8 Å². The normalized spacial score (nSPS) is 11.9. The number of nitrogens with zero attached hydrogens (tertiary/aromatic N) is 3. The minimum atomic E-state index is -0.757. The van der Waals surface area contributed by atoms with Crippen LogP contribution in [0.4, 0.5) is 0 Å². The first-order chi connectivity index (χ1) is 33.3. The summed E-state index contributed by atoms with van der Waals surface area (Å²) in [5.74, 6) is 0. The fraction of sp³-hybridized carbons (Fsp3) is 0. The summed E-state index contributed by atoms with van der Waals surface area (Å²) >= 11 is 0. The van der Waals surface area contributed by atoms with Gasteiger partial charge in [0.2, 0.25) is 0 Å². The molecular formula is C62H43N3P2. The third-order valence-corrected chi connectivity index (χ3v) is 18.1. The highest BCUT2D eigenvalue weighted by Crippen LogP contribution is 2.43. The van der Waals surface area contributed by atoms with Gasteiger partial charge in [-0.1, -0.05) is 200 Å². The molecule has 0 unspecified atom stereocenters. The lowest BCUT2D eigenvalue weighted by Crippen LogP contribution is -2.20. The van der Waals surface area contributed by atoms with Crippen molar-refractivity contribution in [2.75, 3.05) is 0 Å². The average Bonchev–Trinajstić information content (AvgIpc) is 4.04. The van der Waals surface area contributed by atoms with Crippen molar-refractivity contribution in [3.8, 4) is 17.1 Å². The average molecular weight is 892 g/mol. The molecule has 0 saturated heterocycles. The van der Waals surface area contributed by atoms with E-state index in [9.17, 15) is 0 Å². The zero-order chi connectivity index (χ0) is 44.3. The summed E-state index contributed by atoms with van der Waals surface area (Å²) in [4.78, 5) is 0. The van der Waals surface area contributed by atoms with Crippen LogP contribution < -0.4 is 31.8 Å². The molecule has 3 nitrogen and oxygen atoms in total. The maximum absolute atomic E-state index is 2.52. The smallest absolute Gasteiger partial charge is 0.0803 e. The molecule has 0 bridgehead atoms. The summed E-state index contributed by atoms with van der Waals surface area (Å²) in [6.07, 6.45) is 0. The summed E-state index contributed by atoms with van der Waals surface area (Å²) in [5, 5.41) is 13.0. The molecule has 316 valence electrons. The van der Waals surface area contributed by atoms with E-state index in [1.807, 2.05) is 0 Å². The van der Waals surface area contributed by atoms with Crippen molar-refractivity contribution in [1.82, 2.24) is 13.7 Å². The van der Waals surface area contributed by atoms with E-state index in [0.29, 0.717) is 0 Å². The van der Waals surface area contributed by atoms with Gasteiger partial charge in [-0.15, -0.1) is 0 Å². The van der Waals surface area contributed by atoms with Gasteiger partial charge in [0.25, 0.3) is 0 Å². The van der Waals surface area contributed by atoms with Gasteiger partial charge >= 0.3 is 0 Å². The molecule has 0 aliphatic heterocycles. The third-order valence-electron chi connectivity index (χ3n) is 13.2. The van der Waals surface area contributed by atoms with Crippen molar-refractivity contribution in [1.29, 1.82) is 0 Å². The van der Waals surface area contributed by atoms with Crippen LogP contribution in [0.25, 0.3) is 71.7 Å². The van der Waals surface area contributed by atoms with Gasteiger partial charge in [0.1, 0.15) is 0 Å². The largest absolute Gasteiger partial charge is 0.309 e. The van der Waals surface area contributed by atoms with Gasteiger partial charge in [0, 0.05) is 38.6 Å². The molecule has 67 heavy (non-hydrogen) atoms. The molecule has 0 N–H and O–H groups in total. The monoisotopic (exact) mass is 891 g/mol. The number of para-hydroxylation sites is 3. The zero-order valence-electron chi connectivity index (χ0n) is 36.6. The maximum Gasteiger partial charge on any atom is 0.0803 e. The van der Waals surface area contributed by atoms with Gasteiger partial charge in [-0.3, -0.25) is 0 Å². The Balaban J connectivity index is 1.05. The Morgan fingerprint density at radius 1 is 0.209 bits per heavy atom. The first-order valence-corrected chi connectivity index (χ1v) is 25.5. The first kappa shape index (κ1) is 39.6. The van der Waals surface area contributed by atoms with E-state index >= 15 is 0 Å². The molecule has 13 aromatic rings. The Morgan fingerprint density at radius 2 is 0.507 bits per heavy atom. The highest BCUT2D eigenvalue weighted by Gasteiger charge is 2.25. The number of hydrogen-bond acceptors (Lipinski definition) is 0. The van der Waals surface area contributed by atoms with E-state index in [1.54, 1.807) is 0 Å². The minimum absolute atomic E-state index is 0.739. The molecular weight excluding hydrogens is 849 g/mol. The van der Waals surface area contributed by atoms with E-state index in [4.69, 9.17) is 0 Å². The molecule has 5 heteroatoms. The van der Waals surface area contributed by atoms with Crippen LogP contribution in [-0.4, -0.2) is 13.7 Å². The molecule has 3 heterocycles. The van der Waals surface area contributed by atoms with Crippen LogP contribution in [0.5, 0.6) is 0 Å². The number of benzene rings is 10. The second kappa shape index (κ2) is 16.6. The Bertz CT molecular complexity index is 3760. The van der Waals surface area contributed by atoms with E-state index in [-0.39, 0.29) is 0 Å². The maximum atomic E-state index is 2.52. The van der Waals surface area contributed by atoms with Gasteiger partial charge in [0.15, 0.2) is 0 Å². The van der Waals surface area contributed by atoms with Crippen molar-refractivity contribution in [3.63, 3.8) is 0 Å². The molecule has 0 spiro atoms. The second-order valence-corrected chi connectivity index (χ2v) is 21.4. The fourth-order valence-electron chi connectivity index (χ4n) is 10.3. The van der Waals surface area contributed by atoms with E-state index in [1.165, 1.54) is 86.5 Å². The summed E-state index contributed by atoms with van der Waals surface area (Å²) < 4.78 is 7.46. The van der Waals surface area contributed by atoms with Gasteiger partial charge in [0.05, 0.1) is 33.1 Å². The molecule has 3 aromatic heterocycles. The van der Waals surface area contributed by atoms with Crippen LogP contribution in [0, 0.1) is 0 Å². The predicted molar refractivity (Wildman–Crippen MR) is 289 cm³/mol. The fourth-order valence-corrected chi connectivity index (χ4v) is 14.9. The van der Waals surface area contributed by atoms with Crippen LogP contribution >= 0.6 is 15.8 Å². The lowest BCUT2D eigenvalue weighted by Gasteiger charge is -2.20. The van der Waals surface area contributed by atoms with Gasteiger partial charge < -0.3 is 13.7 Å². The van der Waals surface area contributed by atoms with Crippen LogP contribution in [-0.2, 0) is 0 Å². The summed E-state index contributed by atoms with van der Waals surface area (Å²) in [5.41, 5.74) is 10.6. The summed E-state index contributed by atoms with van der Waals surface area (Å²) in [6.45, 7) is 0. The lowest BCUT2D eigenvalue weighted by molar-refractivity contribution is 1.16. The Morgan fingerprint density at radius 3 is 0.925 bits per heavy atom. The molecule has 0 aliphatic rings. The molecule has 0 saturated carbocycles. The number of rotatable bonds is 9. The van der Waals surface area contributed by atoms with E-state index in [0.717, 1.165) is 17.1 Å². The molecule has 0 amide bonds. The summed E-state index contributed by atoms with van der Waals surface area (Å²) in [6, 6.07) is 96.3. The zero-order valence-corrected chi connectivity index (χ0v) is 38.4. The molecule has 0 atom stereocenters. The third kappa shape index (κ3) is 6.65. The minimum Gasteiger partial charge on any atom is -0.309 e. The number of aromatic nitrogens is 3. The molecule has 0 fully saturated rings. The SMILES string of the molecule is c1ccc(P(c2ccccc2)c2ccc(-n3c4ccccc4c4c3c3ccc(-n5c6ccccc6c6ccccc65)cc3n4-c3ccc(P(c4ccccc4)c4ccccc4)cc3)cc2)cc1. The summed E-state index contributed by atoms with van der Waals surface area (Å²) in [7, 11) is -1.50. The highest BCUT2D eigenvalue weighted by atomic mass is 31.1. The van der Waals surface area contributed by atoms with E-state index < -0.39 is 15.8 Å². The van der Waals surface area contributed by atoms with Crippen molar-refractivity contribution in [2.45, 2.75) is 0 Å². The van der Waals surface area contributed by atoms with Crippen LogP contribution in [0.2, 0.25) is 0 Å². The van der Waals surface area contributed by atoms with E-state index in [2.05, 4.69) is 275 Å². The van der Waals surface area contributed by atoms with Crippen molar-refractivity contribution >= 4 is 102 Å². The lowest BCUT2D eigenvalue weighted by atomic mass is 10.2. The Hall–Kier alpha value is -7.80. The predicted octanol–water partition coefficient (Wildman–Crippen LogP) is 13.3. The van der Waals surface area contributed by atoms with Crippen molar-refractivity contribution in [2.24, 2.45) is 0 Å². The van der Waals surface area contributed by atoms with Gasteiger partial charge in [-0.25, -0.2) is 0 Å². The van der Waals surface area contributed by atoms with Crippen molar-refractivity contribution < 1.29 is 0 Å². The van der Waals surface area contributed by atoms with Gasteiger partial charge in [-0.05, 0) is 108 Å². The molecule has 0 radical (unpaired) electrons. The second-order valence-electron chi connectivity index (χ2n) is 17.0. The molecule has 10 aromatic carbocycles. The standard InChI is InChI=1S/C62H43N3P2/c1-5-19-47(20-6-1)66(48-21-7-2-8-22-48)51-38-33-44(34-39-51)64-59-32-18-15-29-55(59)61-62(64)56-42-37-46(63-57-30-16-13-27-53(57)54-28-14-17-31-58(54)63)43-60(56)65(61)45-35-40-52(41-36-45)67(49-23-9-3-10-24-49)50-25-11-4-12-26-50/h1-43H. The van der Waals surface area contributed by atoms with Crippen LogP contribution in [0.1, 0.15) is 0 Å². The van der Waals surface area contributed by atoms with Crippen molar-refractivity contribution in [3.05, 3.63) is 261 Å². The molecule has 0 aliphatic carbocycles. The van der Waals surface area contributed by atoms with Crippen LogP contribution in [0.15, 0.2) is 261 Å². The number of hydrogen-bond donors (Lipinski definition) is 0. The van der Waals surface area contributed by atoms with Crippen LogP contribution in [0.3, 0.4) is 0 Å². The Kier molecular flexibility index (Phi) is 9.78. The highest BCUT2D eigenvalue weighted by molar-refractivity contribution is 7.80. The first-order valence-electron chi connectivity index (χ1n) is 22.9. The molecule has 13 rings (SSSR count). The van der Waals surface area contributed by atoms with Gasteiger partial charge in [-0.2, -0.15) is 0 Å².